The second-order valence-corrected chi connectivity index (χ2v) is 4.57. The Labute approximate surface area is 124 Å². The van der Waals surface area contributed by atoms with Gasteiger partial charge in [-0.2, -0.15) is 0 Å². The van der Waals surface area contributed by atoms with E-state index in [1.807, 2.05) is 30.3 Å². The maximum Gasteiger partial charge on any atom is 0.135 e. The standard InChI is InChI=1S/C17H15ClO2/c18-11-4-3-8-15-7-1-2-10-17(15)20-13-14-6-5-9-16(19)12-14/h1-2,5-7,9-10,12,19H,4,11,13H2. The zero-order valence-electron chi connectivity index (χ0n) is 11.0. The monoisotopic (exact) mass is 286 g/mol. The molecule has 0 spiro atoms. The second kappa shape index (κ2) is 7.47. The molecule has 0 radical (unpaired) electrons. The van der Waals surface area contributed by atoms with E-state index in [0.717, 1.165) is 16.9 Å². The van der Waals surface area contributed by atoms with Gasteiger partial charge in [-0.1, -0.05) is 36.1 Å². The van der Waals surface area contributed by atoms with E-state index < -0.39 is 0 Å². The summed E-state index contributed by atoms with van der Waals surface area (Å²) in [5.74, 6) is 7.55. The van der Waals surface area contributed by atoms with Gasteiger partial charge in [0.15, 0.2) is 0 Å². The molecule has 0 amide bonds. The van der Waals surface area contributed by atoms with Crippen LogP contribution >= 0.6 is 11.6 Å². The van der Waals surface area contributed by atoms with Crippen LogP contribution in [0.2, 0.25) is 0 Å². The molecule has 3 heteroatoms. The fourth-order valence-electron chi connectivity index (χ4n) is 1.71. The molecule has 0 fully saturated rings. The quantitative estimate of drug-likeness (QED) is 0.681. The first-order valence-corrected chi connectivity index (χ1v) is 6.87. The Morgan fingerprint density at radius 1 is 1.10 bits per heavy atom. The van der Waals surface area contributed by atoms with Gasteiger partial charge < -0.3 is 9.84 Å². The molecule has 0 aliphatic carbocycles. The largest absolute Gasteiger partial charge is 0.508 e. The molecule has 102 valence electrons. The summed E-state index contributed by atoms with van der Waals surface area (Å²) in [5, 5.41) is 9.42. The van der Waals surface area contributed by atoms with Crippen LogP contribution in [0.1, 0.15) is 17.5 Å². The highest BCUT2D eigenvalue weighted by Gasteiger charge is 2.01. The van der Waals surface area contributed by atoms with Gasteiger partial charge in [-0.25, -0.2) is 0 Å². The Kier molecular flexibility index (Phi) is 5.34. The van der Waals surface area contributed by atoms with Gasteiger partial charge in [-0.05, 0) is 29.8 Å². The number of ether oxygens (including phenoxy) is 1. The van der Waals surface area contributed by atoms with E-state index in [9.17, 15) is 5.11 Å². The van der Waals surface area contributed by atoms with Crippen molar-refractivity contribution >= 4 is 11.6 Å². The first-order valence-electron chi connectivity index (χ1n) is 6.34. The third kappa shape index (κ3) is 4.22. The zero-order chi connectivity index (χ0) is 14.2. The molecule has 0 aliphatic rings. The highest BCUT2D eigenvalue weighted by atomic mass is 35.5. The molecular weight excluding hydrogens is 272 g/mol. The molecule has 20 heavy (non-hydrogen) atoms. The van der Waals surface area contributed by atoms with E-state index in [-0.39, 0.29) is 5.75 Å². The van der Waals surface area contributed by atoms with Gasteiger partial charge in [-0.3, -0.25) is 0 Å². The number of para-hydroxylation sites is 1. The number of hydrogen-bond acceptors (Lipinski definition) is 2. The Morgan fingerprint density at radius 2 is 1.95 bits per heavy atom. The van der Waals surface area contributed by atoms with E-state index in [2.05, 4.69) is 11.8 Å². The second-order valence-electron chi connectivity index (χ2n) is 4.20. The summed E-state index contributed by atoms with van der Waals surface area (Å²) < 4.78 is 5.76. The lowest BCUT2D eigenvalue weighted by atomic mass is 10.2. The molecule has 1 N–H and O–H groups in total. The van der Waals surface area contributed by atoms with Crippen molar-refractivity contribution in [2.75, 3.05) is 5.88 Å². The number of hydrogen-bond donors (Lipinski definition) is 1. The van der Waals surface area contributed by atoms with Gasteiger partial charge >= 0.3 is 0 Å². The summed E-state index contributed by atoms with van der Waals surface area (Å²) in [6.45, 7) is 0.391. The third-order valence-corrected chi connectivity index (χ3v) is 2.82. The predicted octanol–water partition coefficient (Wildman–Crippen LogP) is 3.95. The van der Waals surface area contributed by atoms with E-state index in [1.165, 1.54) is 0 Å². The van der Waals surface area contributed by atoms with Crippen LogP contribution in [-0.2, 0) is 6.61 Å². The minimum atomic E-state index is 0.237. The predicted molar refractivity (Wildman–Crippen MR) is 81.1 cm³/mol. The molecule has 0 saturated heterocycles. The van der Waals surface area contributed by atoms with Gasteiger partial charge in [0.25, 0.3) is 0 Å². The maximum atomic E-state index is 9.42. The average Bonchev–Trinajstić information content (AvgIpc) is 2.47. The molecular formula is C17H15ClO2. The summed E-state index contributed by atoms with van der Waals surface area (Å²) in [4.78, 5) is 0. The summed E-state index contributed by atoms with van der Waals surface area (Å²) in [6.07, 6.45) is 0.655. The van der Waals surface area contributed by atoms with E-state index >= 15 is 0 Å². The van der Waals surface area contributed by atoms with Crippen molar-refractivity contribution in [2.24, 2.45) is 0 Å². The summed E-state index contributed by atoms with van der Waals surface area (Å²) in [5.41, 5.74) is 1.76. The lowest BCUT2D eigenvalue weighted by Gasteiger charge is -2.08. The smallest absolute Gasteiger partial charge is 0.135 e. The lowest BCUT2D eigenvalue weighted by molar-refractivity contribution is 0.304. The highest BCUT2D eigenvalue weighted by molar-refractivity contribution is 6.18. The van der Waals surface area contributed by atoms with Gasteiger partial charge in [0.1, 0.15) is 18.1 Å². The third-order valence-electron chi connectivity index (χ3n) is 2.63. The minimum Gasteiger partial charge on any atom is -0.508 e. The maximum absolute atomic E-state index is 9.42. The van der Waals surface area contributed by atoms with Crippen LogP contribution in [0.25, 0.3) is 0 Å². The zero-order valence-corrected chi connectivity index (χ0v) is 11.7. The molecule has 0 bridgehead atoms. The van der Waals surface area contributed by atoms with Crippen molar-refractivity contribution in [2.45, 2.75) is 13.0 Å². The number of benzene rings is 2. The van der Waals surface area contributed by atoms with Crippen LogP contribution in [0.5, 0.6) is 11.5 Å². The van der Waals surface area contributed by atoms with Crippen LogP contribution in [0.15, 0.2) is 48.5 Å². The van der Waals surface area contributed by atoms with Crippen LogP contribution in [-0.4, -0.2) is 11.0 Å². The van der Waals surface area contributed by atoms with E-state index in [0.29, 0.717) is 18.9 Å². The topological polar surface area (TPSA) is 29.5 Å². The molecule has 0 saturated carbocycles. The van der Waals surface area contributed by atoms with Crippen molar-refractivity contribution < 1.29 is 9.84 Å². The fourth-order valence-corrected chi connectivity index (χ4v) is 1.80. The van der Waals surface area contributed by atoms with Gasteiger partial charge in [0, 0.05) is 12.3 Å². The van der Waals surface area contributed by atoms with E-state index in [4.69, 9.17) is 16.3 Å². The van der Waals surface area contributed by atoms with Crippen LogP contribution in [0.4, 0.5) is 0 Å². The summed E-state index contributed by atoms with van der Waals surface area (Å²) in [6, 6.07) is 14.6. The molecule has 2 aromatic rings. The van der Waals surface area contributed by atoms with Gasteiger partial charge in [-0.15, -0.1) is 11.6 Å². The van der Waals surface area contributed by atoms with Crippen molar-refractivity contribution in [3.63, 3.8) is 0 Å². The molecule has 2 aromatic carbocycles. The first kappa shape index (κ1) is 14.3. The Hall–Kier alpha value is -2.11. The van der Waals surface area contributed by atoms with Crippen molar-refractivity contribution in [3.05, 3.63) is 59.7 Å². The average molecular weight is 287 g/mol. The van der Waals surface area contributed by atoms with Crippen molar-refractivity contribution in [3.8, 4) is 23.3 Å². The molecule has 0 atom stereocenters. The van der Waals surface area contributed by atoms with Crippen LogP contribution < -0.4 is 4.74 Å². The van der Waals surface area contributed by atoms with Crippen LogP contribution in [0.3, 0.4) is 0 Å². The van der Waals surface area contributed by atoms with Gasteiger partial charge in [0.05, 0.1) is 5.56 Å². The fraction of sp³-hybridized carbons (Fsp3) is 0.176. The highest BCUT2D eigenvalue weighted by Crippen LogP contribution is 2.19. The number of halogens is 1. The number of rotatable bonds is 4. The molecule has 0 heterocycles. The van der Waals surface area contributed by atoms with Gasteiger partial charge in [0.2, 0.25) is 0 Å². The number of phenolic OH excluding ortho intramolecular Hbond substituents is 1. The lowest BCUT2D eigenvalue weighted by Crippen LogP contribution is -1.97. The Morgan fingerprint density at radius 3 is 2.75 bits per heavy atom. The van der Waals surface area contributed by atoms with Crippen molar-refractivity contribution in [1.82, 2.24) is 0 Å². The van der Waals surface area contributed by atoms with E-state index in [1.54, 1.807) is 18.2 Å². The molecule has 2 rings (SSSR count). The number of alkyl halides is 1. The number of phenols is 1. The first-order chi connectivity index (χ1) is 9.79. The SMILES string of the molecule is Oc1cccc(COc2ccccc2C#CCCCl)c1. The van der Waals surface area contributed by atoms with Crippen molar-refractivity contribution in [1.29, 1.82) is 0 Å². The Balaban J connectivity index is 2.08. The summed E-state index contributed by atoms with van der Waals surface area (Å²) >= 11 is 5.61. The molecule has 0 aromatic heterocycles. The summed E-state index contributed by atoms with van der Waals surface area (Å²) in [7, 11) is 0. The normalized spacial score (nSPS) is 9.65. The Bertz CT molecular complexity index is 626. The number of aromatic hydroxyl groups is 1. The van der Waals surface area contributed by atoms with Crippen LogP contribution in [0, 0.1) is 11.8 Å². The molecule has 0 aliphatic heterocycles. The molecule has 2 nitrogen and oxygen atoms in total. The molecule has 0 unspecified atom stereocenters. The minimum absolute atomic E-state index is 0.237.